The van der Waals surface area contributed by atoms with Crippen molar-refractivity contribution in [3.63, 3.8) is 0 Å². The van der Waals surface area contributed by atoms with E-state index in [1.807, 2.05) is 0 Å². The van der Waals surface area contributed by atoms with E-state index in [1.54, 1.807) is 4.90 Å². The molecule has 0 atom stereocenters. The van der Waals surface area contributed by atoms with Crippen molar-refractivity contribution in [2.75, 3.05) is 26.2 Å². The van der Waals surface area contributed by atoms with E-state index in [4.69, 9.17) is 5.73 Å². The number of carbonyl (C=O) groups excluding carboxylic acids is 1. The molecular formula is C12H16BrN3O. The molecular weight excluding hydrogens is 282 g/mol. The molecule has 0 radical (unpaired) electrons. The maximum Gasteiger partial charge on any atom is 0.314 e. The van der Waals surface area contributed by atoms with Crippen LogP contribution in [0, 0.1) is 0 Å². The molecule has 1 fully saturated rings. The Morgan fingerprint density at radius 2 is 1.76 bits per heavy atom. The van der Waals surface area contributed by atoms with Gasteiger partial charge in [-0.05, 0) is 17.7 Å². The lowest BCUT2D eigenvalue weighted by Crippen LogP contribution is -2.50. The molecule has 2 rings (SSSR count). The molecule has 5 heteroatoms. The van der Waals surface area contributed by atoms with Gasteiger partial charge in [0.15, 0.2) is 0 Å². The van der Waals surface area contributed by atoms with E-state index in [9.17, 15) is 4.79 Å². The van der Waals surface area contributed by atoms with E-state index in [0.717, 1.165) is 37.2 Å². The number of amides is 2. The number of nitrogens with zero attached hydrogens (tertiary/aromatic N) is 2. The van der Waals surface area contributed by atoms with Gasteiger partial charge in [-0.3, -0.25) is 4.90 Å². The molecule has 0 aliphatic carbocycles. The van der Waals surface area contributed by atoms with Crippen LogP contribution in [0.15, 0.2) is 28.7 Å². The van der Waals surface area contributed by atoms with Gasteiger partial charge in [0.25, 0.3) is 0 Å². The van der Waals surface area contributed by atoms with Crippen molar-refractivity contribution in [2.24, 2.45) is 5.73 Å². The van der Waals surface area contributed by atoms with Crippen molar-refractivity contribution >= 4 is 22.0 Å². The summed E-state index contributed by atoms with van der Waals surface area (Å²) in [6, 6.07) is 8.02. The summed E-state index contributed by atoms with van der Waals surface area (Å²) >= 11 is 3.42. The van der Waals surface area contributed by atoms with Gasteiger partial charge in [0, 0.05) is 37.2 Å². The molecule has 1 aliphatic heterocycles. The van der Waals surface area contributed by atoms with Crippen LogP contribution in [0.5, 0.6) is 0 Å². The molecule has 1 heterocycles. The lowest BCUT2D eigenvalue weighted by molar-refractivity contribution is 0.140. The zero-order chi connectivity index (χ0) is 12.3. The third kappa shape index (κ3) is 3.44. The Kier molecular flexibility index (Phi) is 4.02. The highest BCUT2D eigenvalue weighted by molar-refractivity contribution is 9.10. The Morgan fingerprint density at radius 1 is 1.18 bits per heavy atom. The molecule has 1 saturated heterocycles. The SMILES string of the molecule is NC(=O)N1CCN(Cc2ccc(Br)cc2)CC1. The smallest absolute Gasteiger partial charge is 0.314 e. The van der Waals surface area contributed by atoms with Gasteiger partial charge >= 0.3 is 6.03 Å². The molecule has 1 aromatic rings. The third-order valence-corrected chi connectivity index (χ3v) is 3.53. The molecule has 92 valence electrons. The van der Waals surface area contributed by atoms with Crippen molar-refractivity contribution in [3.05, 3.63) is 34.3 Å². The Balaban J connectivity index is 1.85. The summed E-state index contributed by atoms with van der Waals surface area (Å²) in [7, 11) is 0. The molecule has 17 heavy (non-hydrogen) atoms. The van der Waals surface area contributed by atoms with E-state index >= 15 is 0 Å². The lowest BCUT2D eigenvalue weighted by Gasteiger charge is -2.33. The normalized spacial score (nSPS) is 17.1. The van der Waals surface area contributed by atoms with Crippen molar-refractivity contribution in [1.29, 1.82) is 0 Å². The fraction of sp³-hybridized carbons (Fsp3) is 0.417. The number of rotatable bonds is 2. The quantitative estimate of drug-likeness (QED) is 0.902. The van der Waals surface area contributed by atoms with Crippen molar-refractivity contribution < 1.29 is 4.79 Å². The second-order valence-electron chi connectivity index (χ2n) is 4.23. The van der Waals surface area contributed by atoms with E-state index in [-0.39, 0.29) is 6.03 Å². The molecule has 1 aromatic carbocycles. The number of primary amides is 1. The number of halogens is 1. The number of benzene rings is 1. The van der Waals surface area contributed by atoms with Crippen LogP contribution < -0.4 is 5.73 Å². The minimum Gasteiger partial charge on any atom is -0.351 e. The van der Waals surface area contributed by atoms with Gasteiger partial charge in [0.2, 0.25) is 0 Å². The summed E-state index contributed by atoms with van der Waals surface area (Å²) < 4.78 is 1.10. The molecule has 0 unspecified atom stereocenters. The highest BCUT2D eigenvalue weighted by atomic mass is 79.9. The lowest BCUT2D eigenvalue weighted by atomic mass is 10.2. The Morgan fingerprint density at radius 3 is 2.29 bits per heavy atom. The molecule has 1 aliphatic rings. The number of urea groups is 1. The molecule has 4 nitrogen and oxygen atoms in total. The van der Waals surface area contributed by atoms with Crippen LogP contribution in [0.2, 0.25) is 0 Å². The van der Waals surface area contributed by atoms with E-state index in [0.29, 0.717) is 0 Å². The van der Waals surface area contributed by atoms with Crippen molar-refractivity contribution in [1.82, 2.24) is 9.80 Å². The van der Waals surface area contributed by atoms with Crippen LogP contribution >= 0.6 is 15.9 Å². The average Bonchev–Trinajstić information content (AvgIpc) is 2.33. The first-order chi connectivity index (χ1) is 8.15. The predicted molar refractivity (Wildman–Crippen MR) is 70.6 cm³/mol. The fourth-order valence-corrected chi connectivity index (χ4v) is 2.24. The zero-order valence-corrected chi connectivity index (χ0v) is 11.2. The first-order valence-electron chi connectivity index (χ1n) is 5.66. The topological polar surface area (TPSA) is 49.6 Å². The minimum atomic E-state index is -0.312. The predicted octanol–water partition coefficient (Wildman–Crippen LogP) is 1.65. The molecule has 0 aromatic heterocycles. The van der Waals surface area contributed by atoms with Gasteiger partial charge in [0.1, 0.15) is 0 Å². The summed E-state index contributed by atoms with van der Waals surface area (Å²) in [5.41, 5.74) is 6.54. The monoisotopic (exact) mass is 297 g/mol. The van der Waals surface area contributed by atoms with Gasteiger partial charge in [-0.1, -0.05) is 28.1 Å². The van der Waals surface area contributed by atoms with Gasteiger partial charge in [-0.2, -0.15) is 0 Å². The van der Waals surface area contributed by atoms with Crippen LogP contribution in [-0.4, -0.2) is 42.0 Å². The van der Waals surface area contributed by atoms with Crippen LogP contribution in [0.4, 0.5) is 4.79 Å². The van der Waals surface area contributed by atoms with Gasteiger partial charge < -0.3 is 10.6 Å². The Labute approximate surface area is 110 Å². The first-order valence-corrected chi connectivity index (χ1v) is 6.45. The Hall–Kier alpha value is -1.07. The van der Waals surface area contributed by atoms with E-state index < -0.39 is 0 Å². The Bertz CT molecular complexity index is 385. The van der Waals surface area contributed by atoms with Crippen molar-refractivity contribution in [3.8, 4) is 0 Å². The summed E-state index contributed by atoms with van der Waals surface area (Å²) in [5.74, 6) is 0. The van der Waals surface area contributed by atoms with Crippen LogP contribution in [0.1, 0.15) is 5.56 Å². The number of piperazine rings is 1. The first kappa shape index (κ1) is 12.4. The number of nitrogens with two attached hydrogens (primary N) is 1. The maximum absolute atomic E-state index is 11.0. The van der Waals surface area contributed by atoms with Crippen LogP contribution in [-0.2, 0) is 6.54 Å². The van der Waals surface area contributed by atoms with Gasteiger partial charge in [-0.25, -0.2) is 4.79 Å². The summed E-state index contributed by atoms with van der Waals surface area (Å²) in [6.45, 7) is 4.16. The molecule has 2 N–H and O–H groups in total. The summed E-state index contributed by atoms with van der Waals surface area (Å²) in [5, 5.41) is 0. The highest BCUT2D eigenvalue weighted by Crippen LogP contribution is 2.13. The molecule has 0 bridgehead atoms. The third-order valence-electron chi connectivity index (χ3n) is 3.00. The van der Waals surface area contributed by atoms with Crippen molar-refractivity contribution in [2.45, 2.75) is 6.54 Å². The van der Waals surface area contributed by atoms with E-state index in [2.05, 4.69) is 45.1 Å². The molecule has 0 saturated carbocycles. The largest absolute Gasteiger partial charge is 0.351 e. The summed E-state index contributed by atoms with van der Waals surface area (Å²) in [4.78, 5) is 15.0. The number of hydrogen-bond acceptors (Lipinski definition) is 2. The van der Waals surface area contributed by atoms with Gasteiger partial charge in [-0.15, -0.1) is 0 Å². The van der Waals surface area contributed by atoms with Gasteiger partial charge in [0.05, 0.1) is 0 Å². The second-order valence-corrected chi connectivity index (χ2v) is 5.14. The molecule has 2 amide bonds. The summed E-state index contributed by atoms with van der Waals surface area (Å²) in [6.07, 6.45) is 0. The maximum atomic E-state index is 11.0. The average molecular weight is 298 g/mol. The van der Waals surface area contributed by atoms with Crippen LogP contribution in [0.25, 0.3) is 0 Å². The second kappa shape index (κ2) is 5.51. The molecule has 0 spiro atoms. The number of hydrogen-bond donors (Lipinski definition) is 1. The minimum absolute atomic E-state index is 0.312. The fourth-order valence-electron chi connectivity index (χ4n) is 1.97. The highest BCUT2D eigenvalue weighted by Gasteiger charge is 2.18. The standard InChI is InChI=1S/C12H16BrN3O/c13-11-3-1-10(2-4-11)9-15-5-7-16(8-6-15)12(14)17/h1-4H,5-9H2,(H2,14,17). The van der Waals surface area contributed by atoms with E-state index in [1.165, 1.54) is 5.56 Å². The number of carbonyl (C=O) groups is 1. The zero-order valence-electron chi connectivity index (χ0n) is 9.60. The van der Waals surface area contributed by atoms with Crippen LogP contribution in [0.3, 0.4) is 0 Å².